The van der Waals surface area contributed by atoms with Crippen LogP contribution in [0.3, 0.4) is 0 Å². The van der Waals surface area contributed by atoms with E-state index in [1.54, 1.807) is 31.7 Å². The molecule has 0 aromatic heterocycles. The van der Waals surface area contributed by atoms with Gasteiger partial charge in [-0.05, 0) is 57.6 Å². The number of carbonyl (C=O) groups is 3. The summed E-state index contributed by atoms with van der Waals surface area (Å²) >= 11 is 0. The molecule has 38 heavy (non-hydrogen) atoms. The van der Waals surface area contributed by atoms with Gasteiger partial charge in [0.2, 0.25) is 11.8 Å². The molecule has 0 saturated heterocycles. The predicted octanol–water partition coefficient (Wildman–Crippen LogP) is 5.73. The zero-order valence-corrected chi connectivity index (χ0v) is 24.1. The van der Waals surface area contributed by atoms with Gasteiger partial charge >= 0.3 is 6.09 Å². The highest BCUT2D eigenvalue weighted by molar-refractivity contribution is 5.92. The van der Waals surface area contributed by atoms with E-state index in [9.17, 15) is 14.4 Å². The molecule has 1 saturated carbocycles. The number of benzene rings is 1. The average Bonchev–Trinajstić information content (AvgIpc) is 2.86. The Kier molecular flexibility index (Phi) is 12.2. The Balaban J connectivity index is 2.51. The van der Waals surface area contributed by atoms with Gasteiger partial charge in [0.25, 0.3) is 0 Å². The van der Waals surface area contributed by atoms with Crippen molar-refractivity contribution >= 4 is 17.9 Å². The number of amides is 3. The highest BCUT2D eigenvalue weighted by Gasteiger charge is 2.38. The van der Waals surface area contributed by atoms with Gasteiger partial charge in [0.15, 0.2) is 0 Å². The van der Waals surface area contributed by atoms with E-state index in [2.05, 4.69) is 23.5 Å². The summed E-state index contributed by atoms with van der Waals surface area (Å²) in [5.41, 5.74) is 0.489. The maximum Gasteiger partial charge on any atom is 0.408 e. The molecule has 0 spiro atoms. The molecular formula is C31H47N3O4. The average molecular weight is 526 g/mol. The molecule has 7 nitrogen and oxygen atoms in total. The van der Waals surface area contributed by atoms with Gasteiger partial charge in [-0.3, -0.25) is 9.59 Å². The standard InChI is InChI=1S/C31H47N3O4/c1-8-10-16-21-34(29(36)26(22(3)4)33-30(37)38-31(5,6)7)27(25-20-15-14-17-23(25)9-2)28(35)32-24-18-12-11-13-19-24/h2,14-15,17,20,22,24,26-27H,8,10-13,16,18-19,21H2,1,3-7H3,(H,32,35)(H,33,37). The summed E-state index contributed by atoms with van der Waals surface area (Å²) in [6, 6.07) is 5.59. The minimum Gasteiger partial charge on any atom is -0.444 e. The number of hydrogen-bond donors (Lipinski definition) is 2. The maximum absolute atomic E-state index is 14.2. The van der Waals surface area contributed by atoms with Crippen molar-refractivity contribution in [2.24, 2.45) is 5.92 Å². The van der Waals surface area contributed by atoms with E-state index in [1.165, 1.54) is 6.42 Å². The van der Waals surface area contributed by atoms with Crippen LogP contribution in [0.4, 0.5) is 4.79 Å². The first-order valence-corrected chi connectivity index (χ1v) is 14.1. The predicted molar refractivity (Wildman–Crippen MR) is 151 cm³/mol. The maximum atomic E-state index is 14.2. The number of hydrogen-bond acceptors (Lipinski definition) is 4. The van der Waals surface area contributed by atoms with Crippen molar-refractivity contribution in [2.75, 3.05) is 6.54 Å². The third-order valence-electron chi connectivity index (χ3n) is 6.81. The number of alkyl carbamates (subject to hydrolysis) is 1. The van der Waals surface area contributed by atoms with E-state index >= 15 is 0 Å². The lowest BCUT2D eigenvalue weighted by molar-refractivity contribution is -0.143. The first-order valence-electron chi connectivity index (χ1n) is 14.1. The molecule has 0 bridgehead atoms. The van der Waals surface area contributed by atoms with Crippen molar-refractivity contribution in [2.45, 2.75) is 117 Å². The number of unbranched alkanes of at least 4 members (excludes halogenated alkanes) is 2. The smallest absolute Gasteiger partial charge is 0.408 e. The molecule has 1 aromatic rings. The zero-order chi connectivity index (χ0) is 28.3. The van der Waals surface area contributed by atoms with Crippen LogP contribution < -0.4 is 10.6 Å². The minimum absolute atomic E-state index is 0.0742. The molecule has 2 atom stereocenters. The number of terminal acetylenes is 1. The summed E-state index contributed by atoms with van der Waals surface area (Å²) in [5, 5.41) is 6.00. The lowest BCUT2D eigenvalue weighted by atomic mass is 9.93. The molecule has 2 unspecified atom stereocenters. The summed E-state index contributed by atoms with van der Waals surface area (Å²) in [4.78, 5) is 42.5. The molecule has 1 fully saturated rings. The Bertz CT molecular complexity index is 970. The third kappa shape index (κ3) is 9.38. The Morgan fingerprint density at radius 1 is 1.11 bits per heavy atom. The number of ether oxygens (including phenoxy) is 1. The molecule has 7 heteroatoms. The SMILES string of the molecule is C#Cc1ccccc1C(C(=O)NC1CCCCC1)N(CCCCC)C(=O)C(NC(=O)OC(C)(C)C)C(C)C. The van der Waals surface area contributed by atoms with Crippen molar-refractivity contribution in [3.05, 3.63) is 35.4 Å². The molecular weight excluding hydrogens is 478 g/mol. The monoisotopic (exact) mass is 525 g/mol. The van der Waals surface area contributed by atoms with E-state index < -0.39 is 23.8 Å². The van der Waals surface area contributed by atoms with Gasteiger partial charge in [0.05, 0.1) is 0 Å². The zero-order valence-electron chi connectivity index (χ0n) is 24.1. The normalized spacial score (nSPS) is 15.7. The fraction of sp³-hybridized carbons (Fsp3) is 0.645. The Morgan fingerprint density at radius 3 is 2.34 bits per heavy atom. The van der Waals surface area contributed by atoms with E-state index in [0.29, 0.717) is 17.7 Å². The highest BCUT2D eigenvalue weighted by atomic mass is 16.6. The Morgan fingerprint density at radius 2 is 1.76 bits per heavy atom. The fourth-order valence-corrected chi connectivity index (χ4v) is 4.87. The van der Waals surface area contributed by atoms with Crippen LogP contribution in [0.2, 0.25) is 0 Å². The van der Waals surface area contributed by atoms with Crippen LogP contribution in [0.25, 0.3) is 0 Å². The number of nitrogens with zero attached hydrogens (tertiary/aromatic N) is 1. The van der Waals surface area contributed by atoms with E-state index in [1.807, 2.05) is 32.0 Å². The molecule has 0 radical (unpaired) electrons. The molecule has 210 valence electrons. The van der Waals surface area contributed by atoms with Gasteiger partial charge in [-0.15, -0.1) is 6.42 Å². The summed E-state index contributed by atoms with van der Waals surface area (Å²) in [6.45, 7) is 11.5. The van der Waals surface area contributed by atoms with Crippen molar-refractivity contribution < 1.29 is 19.1 Å². The molecule has 3 amide bonds. The van der Waals surface area contributed by atoms with Crippen LogP contribution in [0.1, 0.15) is 110 Å². The molecule has 0 aliphatic heterocycles. The van der Waals surface area contributed by atoms with Gasteiger partial charge in [0.1, 0.15) is 17.7 Å². The molecule has 2 N–H and O–H groups in total. The molecule has 1 aliphatic carbocycles. The van der Waals surface area contributed by atoms with Crippen molar-refractivity contribution in [3.8, 4) is 12.3 Å². The molecule has 2 rings (SSSR count). The van der Waals surface area contributed by atoms with Gasteiger partial charge in [0, 0.05) is 18.2 Å². The van der Waals surface area contributed by atoms with Crippen molar-refractivity contribution in [3.63, 3.8) is 0 Å². The van der Waals surface area contributed by atoms with E-state index in [4.69, 9.17) is 11.2 Å². The number of carbonyl (C=O) groups excluding carboxylic acids is 3. The number of rotatable bonds is 11. The van der Waals surface area contributed by atoms with Gasteiger partial charge in [-0.25, -0.2) is 4.79 Å². The van der Waals surface area contributed by atoms with Crippen LogP contribution >= 0.6 is 0 Å². The Labute approximate surface area is 229 Å². The topological polar surface area (TPSA) is 87.7 Å². The van der Waals surface area contributed by atoms with E-state index in [-0.39, 0.29) is 23.8 Å². The Hall–Kier alpha value is -3.01. The van der Waals surface area contributed by atoms with Gasteiger partial charge < -0.3 is 20.3 Å². The summed E-state index contributed by atoms with van der Waals surface area (Å²) in [7, 11) is 0. The lowest BCUT2D eigenvalue weighted by Gasteiger charge is -2.37. The molecule has 1 aromatic carbocycles. The van der Waals surface area contributed by atoms with Crippen LogP contribution in [-0.2, 0) is 14.3 Å². The molecule has 0 heterocycles. The largest absolute Gasteiger partial charge is 0.444 e. The first-order chi connectivity index (χ1) is 18.0. The van der Waals surface area contributed by atoms with Crippen LogP contribution in [0.5, 0.6) is 0 Å². The lowest BCUT2D eigenvalue weighted by Crippen LogP contribution is -2.55. The summed E-state index contributed by atoms with van der Waals surface area (Å²) < 4.78 is 5.45. The number of nitrogens with one attached hydrogen (secondary N) is 2. The quantitative estimate of drug-likeness (QED) is 0.285. The van der Waals surface area contributed by atoms with Crippen molar-refractivity contribution in [1.29, 1.82) is 0 Å². The van der Waals surface area contributed by atoms with Gasteiger partial charge in [-0.2, -0.15) is 0 Å². The summed E-state index contributed by atoms with van der Waals surface area (Å²) in [6.07, 6.45) is 12.9. The van der Waals surface area contributed by atoms with Crippen LogP contribution in [0, 0.1) is 18.3 Å². The van der Waals surface area contributed by atoms with Crippen molar-refractivity contribution in [1.82, 2.24) is 15.5 Å². The fourth-order valence-electron chi connectivity index (χ4n) is 4.87. The third-order valence-corrected chi connectivity index (χ3v) is 6.81. The first kappa shape index (κ1) is 31.2. The van der Waals surface area contributed by atoms with Crippen LogP contribution in [-0.4, -0.2) is 47.0 Å². The van der Waals surface area contributed by atoms with E-state index in [0.717, 1.165) is 44.9 Å². The van der Waals surface area contributed by atoms with Gasteiger partial charge in [-0.1, -0.05) is 77.0 Å². The second kappa shape index (κ2) is 14.8. The molecule has 1 aliphatic rings. The second-order valence-corrected chi connectivity index (χ2v) is 11.6. The minimum atomic E-state index is -0.907. The van der Waals surface area contributed by atoms with Crippen LogP contribution in [0.15, 0.2) is 24.3 Å². The highest BCUT2D eigenvalue weighted by Crippen LogP contribution is 2.28. The second-order valence-electron chi connectivity index (χ2n) is 11.6. The summed E-state index contributed by atoms with van der Waals surface area (Å²) in [5.74, 6) is 1.92.